The SMILES string of the molecule is CCC1(C(=O)O)CCCN(C(=O)c2cccc(N)c2C)C1. The molecule has 0 bridgehead atoms. The van der Waals surface area contributed by atoms with Crippen molar-refractivity contribution in [2.24, 2.45) is 5.41 Å². The van der Waals surface area contributed by atoms with Crippen LogP contribution in [0.25, 0.3) is 0 Å². The lowest BCUT2D eigenvalue weighted by atomic mass is 9.77. The Kier molecular flexibility index (Phi) is 4.21. The summed E-state index contributed by atoms with van der Waals surface area (Å²) in [5, 5.41) is 9.50. The number of anilines is 1. The van der Waals surface area contributed by atoms with Crippen LogP contribution in [0.5, 0.6) is 0 Å². The number of carboxylic acid groups (broad SMARTS) is 1. The van der Waals surface area contributed by atoms with Crippen LogP contribution in [0.4, 0.5) is 5.69 Å². The molecular weight excluding hydrogens is 268 g/mol. The first kappa shape index (κ1) is 15.4. The zero-order valence-electron chi connectivity index (χ0n) is 12.6. The molecule has 0 aromatic heterocycles. The summed E-state index contributed by atoms with van der Waals surface area (Å²) >= 11 is 0. The minimum atomic E-state index is -0.817. The third kappa shape index (κ3) is 2.73. The molecule has 0 radical (unpaired) electrons. The molecule has 0 aliphatic carbocycles. The second-order valence-corrected chi connectivity index (χ2v) is 5.79. The molecule has 114 valence electrons. The first-order valence-electron chi connectivity index (χ1n) is 7.29. The largest absolute Gasteiger partial charge is 0.481 e. The number of amides is 1. The van der Waals surface area contributed by atoms with E-state index in [0.717, 1.165) is 5.56 Å². The lowest BCUT2D eigenvalue weighted by Crippen LogP contribution is -2.49. The van der Waals surface area contributed by atoms with Crippen molar-refractivity contribution in [3.63, 3.8) is 0 Å². The first-order chi connectivity index (χ1) is 9.91. The van der Waals surface area contributed by atoms with Crippen LogP contribution < -0.4 is 5.73 Å². The highest BCUT2D eigenvalue weighted by Crippen LogP contribution is 2.34. The maximum atomic E-state index is 12.7. The van der Waals surface area contributed by atoms with Crippen LogP contribution in [-0.4, -0.2) is 35.0 Å². The third-order valence-corrected chi connectivity index (χ3v) is 4.60. The highest BCUT2D eigenvalue weighted by atomic mass is 16.4. The molecule has 1 atom stereocenters. The molecule has 0 saturated carbocycles. The highest BCUT2D eigenvalue weighted by Gasteiger charge is 2.42. The van der Waals surface area contributed by atoms with E-state index in [-0.39, 0.29) is 12.5 Å². The van der Waals surface area contributed by atoms with Gasteiger partial charge in [0.15, 0.2) is 0 Å². The molecule has 5 nitrogen and oxygen atoms in total. The Hall–Kier alpha value is -2.04. The fourth-order valence-electron chi connectivity index (χ4n) is 2.98. The van der Waals surface area contributed by atoms with Gasteiger partial charge in [-0.25, -0.2) is 0 Å². The summed E-state index contributed by atoms with van der Waals surface area (Å²) in [7, 11) is 0. The van der Waals surface area contributed by atoms with Crippen molar-refractivity contribution in [1.29, 1.82) is 0 Å². The van der Waals surface area contributed by atoms with Gasteiger partial charge in [0.05, 0.1) is 5.41 Å². The highest BCUT2D eigenvalue weighted by molar-refractivity contribution is 5.97. The van der Waals surface area contributed by atoms with E-state index in [1.54, 1.807) is 23.1 Å². The summed E-state index contributed by atoms with van der Waals surface area (Å²) in [4.78, 5) is 25.9. The van der Waals surface area contributed by atoms with Crippen molar-refractivity contribution in [2.75, 3.05) is 18.8 Å². The van der Waals surface area contributed by atoms with E-state index in [2.05, 4.69) is 0 Å². The van der Waals surface area contributed by atoms with Crippen molar-refractivity contribution < 1.29 is 14.7 Å². The summed E-state index contributed by atoms with van der Waals surface area (Å²) < 4.78 is 0. The summed E-state index contributed by atoms with van der Waals surface area (Å²) in [6.45, 7) is 4.55. The Morgan fingerprint density at radius 2 is 2.14 bits per heavy atom. The van der Waals surface area contributed by atoms with Crippen LogP contribution in [0, 0.1) is 12.3 Å². The number of rotatable bonds is 3. The number of nitrogen functional groups attached to an aromatic ring is 1. The second-order valence-electron chi connectivity index (χ2n) is 5.79. The van der Waals surface area contributed by atoms with Crippen molar-refractivity contribution >= 4 is 17.6 Å². The van der Waals surface area contributed by atoms with Crippen LogP contribution in [-0.2, 0) is 4.79 Å². The number of carbonyl (C=O) groups excluding carboxylic acids is 1. The van der Waals surface area contributed by atoms with Gasteiger partial charge in [0.1, 0.15) is 0 Å². The summed E-state index contributed by atoms with van der Waals surface area (Å²) in [6.07, 6.45) is 1.87. The maximum Gasteiger partial charge on any atom is 0.311 e. The Bertz CT molecular complexity index is 571. The Labute approximate surface area is 124 Å². The van der Waals surface area contributed by atoms with E-state index in [1.807, 2.05) is 13.8 Å². The Balaban J connectivity index is 2.27. The average Bonchev–Trinajstić information content (AvgIpc) is 2.49. The number of carboxylic acids is 1. The average molecular weight is 290 g/mol. The predicted octanol–water partition coefficient (Wildman–Crippen LogP) is 2.29. The molecule has 1 saturated heterocycles. The minimum Gasteiger partial charge on any atom is -0.481 e. The van der Waals surface area contributed by atoms with Gasteiger partial charge in [0.2, 0.25) is 0 Å². The van der Waals surface area contributed by atoms with Crippen LogP contribution in [0.3, 0.4) is 0 Å². The van der Waals surface area contributed by atoms with E-state index in [0.29, 0.717) is 37.1 Å². The molecule has 21 heavy (non-hydrogen) atoms. The molecule has 2 rings (SSSR count). The number of hydrogen-bond acceptors (Lipinski definition) is 3. The van der Waals surface area contributed by atoms with Gasteiger partial charge in [-0.2, -0.15) is 0 Å². The van der Waals surface area contributed by atoms with Gasteiger partial charge in [0.25, 0.3) is 5.91 Å². The fourth-order valence-corrected chi connectivity index (χ4v) is 2.98. The zero-order chi connectivity index (χ0) is 15.6. The summed E-state index contributed by atoms with van der Waals surface area (Å²) in [5.74, 6) is -0.939. The van der Waals surface area contributed by atoms with Gasteiger partial charge in [-0.1, -0.05) is 13.0 Å². The van der Waals surface area contributed by atoms with Crippen molar-refractivity contribution in [3.8, 4) is 0 Å². The number of hydrogen-bond donors (Lipinski definition) is 2. The quantitative estimate of drug-likeness (QED) is 0.837. The predicted molar refractivity (Wildman–Crippen MR) is 81.1 cm³/mol. The molecule has 0 spiro atoms. The molecule has 1 fully saturated rings. The molecule has 1 aromatic carbocycles. The standard InChI is InChI=1S/C16H22N2O3/c1-3-16(15(20)21)8-5-9-18(10-16)14(19)12-6-4-7-13(17)11(12)2/h4,6-7H,3,5,8-10,17H2,1-2H3,(H,20,21). The maximum absolute atomic E-state index is 12.7. The van der Waals surface area contributed by atoms with E-state index in [9.17, 15) is 14.7 Å². The van der Waals surface area contributed by atoms with Crippen LogP contribution >= 0.6 is 0 Å². The first-order valence-corrected chi connectivity index (χ1v) is 7.29. The van der Waals surface area contributed by atoms with Gasteiger partial charge in [-0.15, -0.1) is 0 Å². The number of nitrogens with zero attached hydrogens (tertiary/aromatic N) is 1. The van der Waals surface area contributed by atoms with Gasteiger partial charge in [-0.3, -0.25) is 9.59 Å². The fraction of sp³-hybridized carbons (Fsp3) is 0.500. The number of aliphatic carboxylic acids is 1. The third-order valence-electron chi connectivity index (χ3n) is 4.60. The topological polar surface area (TPSA) is 83.6 Å². The number of nitrogens with two attached hydrogens (primary N) is 1. The normalized spacial score (nSPS) is 22.1. The van der Waals surface area contributed by atoms with Crippen LogP contribution in [0.1, 0.15) is 42.1 Å². The van der Waals surface area contributed by atoms with Crippen LogP contribution in [0.15, 0.2) is 18.2 Å². The molecule has 1 heterocycles. The molecule has 1 unspecified atom stereocenters. The van der Waals surface area contributed by atoms with Crippen molar-refractivity contribution in [2.45, 2.75) is 33.1 Å². The molecule has 1 aliphatic rings. The molecule has 5 heteroatoms. The van der Waals surface area contributed by atoms with Crippen LogP contribution in [0.2, 0.25) is 0 Å². The number of benzene rings is 1. The van der Waals surface area contributed by atoms with E-state index in [4.69, 9.17) is 5.73 Å². The Morgan fingerprint density at radius 3 is 2.76 bits per heavy atom. The summed E-state index contributed by atoms with van der Waals surface area (Å²) in [6, 6.07) is 5.26. The van der Waals surface area contributed by atoms with Crippen molar-refractivity contribution in [3.05, 3.63) is 29.3 Å². The van der Waals surface area contributed by atoms with E-state index >= 15 is 0 Å². The van der Waals surface area contributed by atoms with Gasteiger partial charge < -0.3 is 15.7 Å². The molecule has 3 N–H and O–H groups in total. The van der Waals surface area contributed by atoms with Gasteiger partial charge >= 0.3 is 5.97 Å². The lowest BCUT2D eigenvalue weighted by Gasteiger charge is -2.39. The molecule has 1 aliphatic heterocycles. The second kappa shape index (κ2) is 5.76. The summed E-state index contributed by atoms with van der Waals surface area (Å²) in [5.41, 5.74) is 6.93. The smallest absolute Gasteiger partial charge is 0.311 e. The van der Waals surface area contributed by atoms with E-state index < -0.39 is 11.4 Å². The zero-order valence-corrected chi connectivity index (χ0v) is 12.6. The number of carbonyl (C=O) groups is 2. The van der Waals surface area contributed by atoms with Gasteiger partial charge in [-0.05, 0) is 43.9 Å². The van der Waals surface area contributed by atoms with E-state index in [1.165, 1.54) is 0 Å². The minimum absolute atomic E-state index is 0.126. The number of piperidine rings is 1. The number of likely N-dealkylation sites (tertiary alicyclic amines) is 1. The van der Waals surface area contributed by atoms with Gasteiger partial charge in [0, 0.05) is 24.3 Å². The molecule has 1 aromatic rings. The molecule has 1 amide bonds. The monoisotopic (exact) mass is 290 g/mol. The van der Waals surface area contributed by atoms with Crippen molar-refractivity contribution in [1.82, 2.24) is 4.90 Å². The Morgan fingerprint density at radius 1 is 1.43 bits per heavy atom. The molecular formula is C16H22N2O3. The lowest BCUT2D eigenvalue weighted by molar-refractivity contribution is -0.152.